The fourth-order valence-electron chi connectivity index (χ4n) is 2.44. The van der Waals surface area contributed by atoms with E-state index in [0.717, 1.165) is 18.5 Å². The number of nitrogens with zero attached hydrogens (tertiary/aromatic N) is 3. The van der Waals surface area contributed by atoms with Crippen molar-refractivity contribution in [3.63, 3.8) is 0 Å². The van der Waals surface area contributed by atoms with Crippen LogP contribution in [0.15, 0.2) is 30.6 Å². The van der Waals surface area contributed by atoms with Gasteiger partial charge in [0.1, 0.15) is 11.7 Å². The second-order valence-corrected chi connectivity index (χ2v) is 7.05. The van der Waals surface area contributed by atoms with E-state index in [1.165, 1.54) is 43.4 Å². The lowest BCUT2D eigenvalue weighted by molar-refractivity contribution is -0.150. The molecule has 7 nitrogen and oxygen atoms in total. The van der Waals surface area contributed by atoms with Crippen LogP contribution in [0.25, 0.3) is 0 Å². The Bertz CT molecular complexity index is 840. The van der Waals surface area contributed by atoms with Gasteiger partial charge in [0, 0.05) is 12.1 Å². The number of hydrogen-bond acceptors (Lipinski definition) is 6. The summed E-state index contributed by atoms with van der Waals surface area (Å²) in [5.74, 6) is 0.410. The van der Waals surface area contributed by atoms with E-state index in [1.54, 1.807) is 0 Å². The molecule has 2 saturated carbocycles. The first-order valence-corrected chi connectivity index (χ1v) is 9.22. The van der Waals surface area contributed by atoms with Crippen molar-refractivity contribution in [3.8, 4) is 5.88 Å². The SMILES string of the molecule is N[C@@H](c1ccccn1)C(F)(F)F.O=C(O)c1cnc(C2CC2)c(OCC2CC2)n1. The fourth-order valence-corrected chi connectivity index (χ4v) is 2.44. The minimum Gasteiger partial charge on any atom is -0.476 e. The first kappa shape index (κ1) is 21.0. The lowest BCUT2D eigenvalue weighted by atomic mass is 10.2. The van der Waals surface area contributed by atoms with Gasteiger partial charge in [0.15, 0.2) is 5.69 Å². The van der Waals surface area contributed by atoms with Gasteiger partial charge in [-0.2, -0.15) is 13.2 Å². The largest absolute Gasteiger partial charge is 0.476 e. The van der Waals surface area contributed by atoms with E-state index in [1.807, 2.05) is 0 Å². The molecule has 1 atom stereocenters. The molecule has 0 amide bonds. The van der Waals surface area contributed by atoms with Gasteiger partial charge in [0.2, 0.25) is 5.88 Å². The molecule has 2 aromatic heterocycles. The Morgan fingerprint density at radius 2 is 1.97 bits per heavy atom. The summed E-state index contributed by atoms with van der Waals surface area (Å²) in [6, 6.07) is 2.26. The van der Waals surface area contributed by atoms with Crippen LogP contribution in [0.2, 0.25) is 0 Å². The number of ether oxygens (including phenoxy) is 1. The summed E-state index contributed by atoms with van der Waals surface area (Å²) in [5, 5.41) is 8.89. The van der Waals surface area contributed by atoms with Gasteiger partial charge < -0.3 is 15.6 Å². The van der Waals surface area contributed by atoms with Crippen LogP contribution in [0.1, 0.15) is 59.5 Å². The van der Waals surface area contributed by atoms with Crippen molar-refractivity contribution in [1.29, 1.82) is 0 Å². The first-order valence-electron chi connectivity index (χ1n) is 9.22. The van der Waals surface area contributed by atoms with Crippen LogP contribution in [-0.4, -0.2) is 38.8 Å². The Morgan fingerprint density at radius 3 is 2.48 bits per heavy atom. The van der Waals surface area contributed by atoms with Crippen LogP contribution in [0.5, 0.6) is 5.88 Å². The molecule has 10 heteroatoms. The van der Waals surface area contributed by atoms with E-state index in [4.69, 9.17) is 15.6 Å². The maximum absolute atomic E-state index is 12.0. The molecule has 4 rings (SSSR count). The molecule has 3 N–H and O–H groups in total. The molecule has 0 radical (unpaired) electrons. The number of carboxylic acids is 1. The van der Waals surface area contributed by atoms with E-state index in [0.29, 0.717) is 24.3 Å². The van der Waals surface area contributed by atoms with E-state index in [-0.39, 0.29) is 11.4 Å². The molecule has 2 fully saturated rings. The van der Waals surface area contributed by atoms with Gasteiger partial charge in [-0.1, -0.05) is 6.07 Å². The van der Waals surface area contributed by atoms with E-state index in [2.05, 4.69) is 15.0 Å². The Kier molecular flexibility index (Phi) is 6.31. The van der Waals surface area contributed by atoms with Gasteiger partial charge in [0.05, 0.1) is 18.5 Å². The zero-order valence-corrected chi connectivity index (χ0v) is 15.5. The number of nitrogens with two attached hydrogens (primary N) is 1. The van der Waals surface area contributed by atoms with Crippen LogP contribution in [0.4, 0.5) is 13.2 Å². The summed E-state index contributed by atoms with van der Waals surface area (Å²) in [4.78, 5) is 22.6. The lowest BCUT2D eigenvalue weighted by Crippen LogP contribution is -2.29. The first-order chi connectivity index (χ1) is 13.8. The molecule has 2 aliphatic carbocycles. The highest BCUT2D eigenvalue weighted by molar-refractivity contribution is 5.85. The standard InChI is InChI=1S/C12H14N2O3.C7H7F3N2/c15-12(16)9-5-13-10(8-3-4-8)11(14-9)17-6-7-1-2-7;8-7(9,10)6(11)5-3-1-2-4-12-5/h5,7-8H,1-4,6H2,(H,15,16);1-4,6H,11H2/t;6-/m.0/s1. The van der Waals surface area contributed by atoms with Crippen LogP contribution in [0.3, 0.4) is 0 Å². The Hall–Kier alpha value is -2.75. The lowest BCUT2D eigenvalue weighted by Gasteiger charge is -2.13. The van der Waals surface area contributed by atoms with E-state index in [9.17, 15) is 18.0 Å². The monoisotopic (exact) mass is 410 g/mol. The van der Waals surface area contributed by atoms with Gasteiger partial charge in [0.25, 0.3) is 0 Å². The summed E-state index contributed by atoms with van der Waals surface area (Å²) in [6.07, 6.45) is 2.77. The third kappa shape index (κ3) is 6.11. The van der Waals surface area contributed by atoms with Crippen molar-refractivity contribution in [1.82, 2.24) is 15.0 Å². The zero-order valence-electron chi connectivity index (χ0n) is 15.5. The summed E-state index contributed by atoms with van der Waals surface area (Å²) >= 11 is 0. The molecular weight excluding hydrogens is 389 g/mol. The summed E-state index contributed by atoms with van der Waals surface area (Å²) in [7, 11) is 0. The molecule has 0 spiro atoms. The average Bonchev–Trinajstić information content (AvgIpc) is 3.60. The van der Waals surface area contributed by atoms with Gasteiger partial charge in [-0.25, -0.2) is 9.78 Å². The quantitative estimate of drug-likeness (QED) is 0.750. The molecule has 2 aromatic rings. The summed E-state index contributed by atoms with van der Waals surface area (Å²) in [6.45, 7) is 0.636. The molecule has 29 heavy (non-hydrogen) atoms. The third-order valence-corrected chi connectivity index (χ3v) is 4.46. The summed E-state index contributed by atoms with van der Waals surface area (Å²) in [5.41, 5.74) is 5.51. The van der Waals surface area contributed by atoms with Crippen LogP contribution in [-0.2, 0) is 0 Å². The van der Waals surface area contributed by atoms with Gasteiger partial charge >= 0.3 is 12.1 Å². The minimum atomic E-state index is -4.42. The number of carboxylic acid groups (broad SMARTS) is 1. The van der Waals surface area contributed by atoms with Crippen molar-refractivity contribution in [3.05, 3.63) is 47.7 Å². The number of halogens is 3. The molecule has 156 valence electrons. The molecule has 2 aliphatic rings. The molecule has 0 aromatic carbocycles. The highest BCUT2D eigenvalue weighted by Crippen LogP contribution is 2.42. The van der Waals surface area contributed by atoms with Crippen molar-refractivity contribution in [2.45, 2.75) is 43.8 Å². The Balaban J connectivity index is 0.000000177. The zero-order chi connectivity index (χ0) is 21.0. The maximum atomic E-state index is 12.0. The van der Waals surface area contributed by atoms with E-state index < -0.39 is 18.2 Å². The number of alkyl halides is 3. The second kappa shape index (κ2) is 8.73. The van der Waals surface area contributed by atoms with Crippen molar-refractivity contribution in [2.75, 3.05) is 6.61 Å². The molecule has 0 bridgehead atoms. The third-order valence-electron chi connectivity index (χ3n) is 4.46. The summed E-state index contributed by atoms with van der Waals surface area (Å²) < 4.78 is 41.5. The van der Waals surface area contributed by atoms with Gasteiger partial charge in [-0.05, 0) is 43.7 Å². The molecular formula is C19H21F3N4O3. The number of aromatic carboxylic acids is 1. The molecule has 0 saturated heterocycles. The number of hydrogen-bond donors (Lipinski definition) is 2. The number of aromatic nitrogens is 3. The van der Waals surface area contributed by atoms with Gasteiger partial charge in [-0.15, -0.1) is 0 Å². The predicted molar refractivity (Wildman–Crippen MR) is 96.4 cm³/mol. The van der Waals surface area contributed by atoms with E-state index >= 15 is 0 Å². The minimum absolute atomic E-state index is 0.0415. The smallest absolute Gasteiger partial charge is 0.409 e. The predicted octanol–water partition coefficient (Wildman–Crippen LogP) is 3.48. The van der Waals surface area contributed by atoms with Crippen LogP contribution >= 0.6 is 0 Å². The van der Waals surface area contributed by atoms with Crippen LogP contribution < -0.4 is 10.5 Å². The molecule has 2 heterocycles. The average molecular weight is 410 g/mol. The van der Waals surface area contributed by atoms with Crippen molar-refractivity contribution in [2.24, 2.45) is 11.7 Å². The molecule has 0 aliphatic heterocycles. The highest BCUT2D eigenvalue weighted by atomic mass is 19.4. The Labute approximate surface area is 165 Å². The van der Waals surface area contributed by atoms with Crippen LogP contribution in [0, 0.1) is 5.92 Å². The van der Waals surface area contributed by atoms with Crippen molar-refractivity contribution < 1.29 is 27.8 Å². The topological polar surface area (TPSA) is 111 Å². The second-order valence-electron chi connectivity index (χ2n) is 7.05. The number of carbonyl (C=O) groups is 1. The number of rotatable bonds is 6. The van der Waals surface area contributed by atoms with Crippen molar-refractivity contribution >= 4 is 5.97 Å². The Morgan fingerprint density at radius 1 is 1.24 bits per heavy atom. The normalized spacial score (nSPS) is 17.1. The number of pyridine rings is 1. The van der Waals surface area contributed by atoms with Gasteiger partial charge in [-0.3, -0.25) is 9.97 Å². The highest BCUT2D eigenvalue weighted by Gasteiger charge is 2.38. The maximum Gasteiger partial charge on any atom is 0.409 e. The molecule has 0 unspecified atom stereocenters. The fraction of sp³-hybridized carbons (Fsp3) is 0.474.